The minimum Gasteiger partial charge on any atom is -0.391 e. The second kappa shape index (κ2) is 8.73. The van der Waals surface area contributed by atoms with E-state index in [-0.39, 0.29) is 0 Å². The summed E-state index contributed by atoms with van der Waals surface area (Å²) in [5.41, 5.74) is 3.72. The Morgan fingerprint density at radius 3 is 2.75 bits per heavy atom. The van der Waals surface area contributed by atoms with Crippen LogP contribution in [0.3, 0.4) is 0 Å². The molecule has 140 valence electrons. The van der Waals surface area contributed by atoms with Crippen LogP contribution < -0.4 is 0 Å². The number of nitrogens with zero attached hydrogens (tertiary/aromatic N) is 4. The van der Waals surface area contributed by atoms with Crippen LogP contribution in [0.25, 0.3) is 0 Å². The van der Waals surface area contributed by atoms with Crippen LogP contribution in [0.5, 0.6) is 0 Å². The number of imidazole rings is 1. The average Bonchev–Trinajstić information content (AvgIpc) is 3.41. The van der Waals surface area contributed by atoms with E-state index in [9.17, 15) is 0 Å². The molecule has 4 rings (SSSR count). The highest BCUT2D eigenvalue weighted by Crippen LogP contribution is 2.27. The lowest BCUT2D eigenvalue weighted by molar-refractivity contribution is 0.129. The Labute approximate surface area is 169 Å². The summed E-state index contributed by atoms with van der Waals surface area (Å²) in [4.78, 5) is 13.7. The van der Waals surface area contributed by atoms with Crippen molar-refractivity contribution >= 4 is 17.3 Å². The molecule has 1 aromatic carbocycles. The third kappa shape index (κ3) is 5.21. The standard InChI is InChI=1S/C22H19ClN4O/c23-22-10-7-19(13-25-22)15-28-26-21(14-27-12-11-24-16-27)20-8-5-18(6-9-20)4-3-17-1-2-17/h5-13,16-17H,1-2,14-15H2. The van der Waals surface area contributed by atoms with Gasteiger partial charge in [0.15, 0.2) is 0 Å². The Hall–Kier alpha value is -3.10. The molecule has 1 fully saturated rings. The number of hydrogen-bond donors (Lipinski definition) is 0. The van der Waals surface area contributed by atoms with Gasteiger partial charge in [0.05, 0.1) is 12.9 Å². The van der Waals surface area contributed by atoms with Gasteiger partial charge < -0.3 is 9.40 Å². The van der Waals surface area contributed by atoms with E-state index in [0.29, 0.717) is 24.2 Å². The molecule has 0 N–H and O–H groups in total. The molecule has 0 bridgehead atoms. The maximum Gasteiger partial charge on any atom is 0.143 e. The first-order chi connectivity index (χ1) is 13.8. The fourth-order valence-electron chi connectivity index (χ4n) is 2.56. The lowest BCUT2D eigenvalue weighted by Gasteiger charge is -2.08. The first kappa shape index (κ1) is 18.3. The van der Waals surface area contributed by atoms with Crippen LogP contribution in [0, 0.1) is 17.8 Å². The fourth-order valence-corrected chi connectivity index (χ4v) is 2.67. The van der Waals surface area contributed by atoms with Gasteiger partial charge in [-0.05, 0) is 31.0 Å². The Bertz CT molecular complexity index is 995. The van der Waals surface area contributed by atoms with E-state index in [2.05, 4.69) is 27.0 Å². The zero-order valence-corrected chi connectivity index (χ0v) is 16.0. The summed E-state index contributed by atoms with van der Waals surface area (Å²) >= 11 is 5.81. The van der Waals surface area contributed by atoms with Crippen LogP contribution in [0.2, 0.25) is 5.15 Å². The largest absolute Gasteiger partial charge is 0.391 e. The van der Waals surface area contributed by atoms with Gasteiger partial charge in [-0.2, -0.15) is 0 Å². The van der Waals surface area contributed by atoms with E-state index >= 15 is 0 Å². The zero-order valence-electron chi connectivity index (χ0n) is 15.3. The van der Waals surface area contributed by atoms with Gasteiger partial charge >= 0.3 is 0 Å². The Morgan fingerprint density at radius 1 is 1.21 bits per heavy atom. The molecule has 0 radical (unpaired) electrons. The molecule has 2 aromatic heterocycles. The lowest BCUT2D eigenvalue weighted by Crippen LogP contribution is -2.11. The highest BCUT2D eigenvalue weighted by atomic mass is 35.5. The van der Waals surface area contributed by atoms with Crippen molar-refractivity contribution in [3.63, 3.8) is 0 Å². The molecule has 28 heavy (non-hydrogen) atoms. The van der Waals surface area contributed by atoms with Crippen LogP contribution >= 0.6 is 11.6 Å². The monoisotopic (exact) mass is 390 g/mol. The van der Waals surface area contributed by atoms with Gasteiger partial charge in [0.25, 0.3) is 0 Å². The molecule has 2 heterocycles. The van der Waals surface area contributed by atoms with Gasteiger partial charge in [0.2, 0.25) is 0 Å². The molecule has 1 saturated carbocycles. The van der Waals surface area contributed by atoms with Gasteiger partial charge in [0, 0.05) is 41.2 Å². The summed E-state index contributed by atoms with van der Waals surface area (Å²) in [7, 11) is 0. The Morgan fingerprint density at radius 2 is 2.07 bits per heavy atom. The summed E-state index contributed by atoms with van der Waals surface area (Å²) in [6.45, 7) is 0.883. The van der Waals surface area contributed by atoms with E-state index in [1.54, 1.807) is 24.8 Å². The molecule has 0 amide bonds. The summed E-state index contributed by atoms with van der Waals surface area (Å²) in [6, 6.07) is 11.7. The minimum atomic E-state index is 0.322. The van der Waals surface area contributed by atoms with Crippen LogP contribution in [-0.2, 0) is 18.0 Å². The topological polar surface area (TPSA) is 52.3 Å². The maximum absolute atomic E-state index is 5.81. The number of pyridine rings is 1. The number of benzene rings is 1. The molecule has 0 saturated heterocycles. The minimum absolute atomic E-state index is 0.322. The molecule has 0 atom stereocenters. The van der Waals surface area contributed by atoms with Crippen LogP contribution in [0.4, 0.5) is 0 Å². The third-order valence-electron chi connectivity index (χ3n) is 4.30. The van der Waals surface area contributed by atoms with Gasteiger partial charge in [-0.15, -0.1) is 0 Å². The van der Waals surface area contributed by atoms with Crippen LogP contribution in [-0.4, -0.2) is 20.2 Å². The highest BCUT2D eigenvalue weighted by Gasteiger charge is 2.17. The average molecular weight is 391 g/mol. The highest BCUT2D eigenvalue weighted by molar-refractivity contribution is 6.29. The summed E-state index contributed by atoms with van der Waals surface area (Å²) < 4.78 is 1.95. The maximum atomic E-state index is 5.81. The van der Waals surface area contributed by atoms with Crippen LogP contribution in [0.1, 0.15) is 29.5 Å². The van der Waals surface area contributed by atoms with Crippen molar-refractivity contribution in [1.82, 2.24) is 14.5 Å². The Balaban J connectivity index is 1.49. The smallest absolute Gasteiger partial charge is 0.143 e. The molecule has 0 aliphatic heterocycles. The number of halogens is 1. The quantitative estimate of drug-likeness (QED) is 0.273. The molecule has 1 aliphatic rings. The van der Waals surface area contributed by atoms with Crippen molar-refractivity contribution in [1.29, 1.82) is 0 Å². The van der Waals surface area contributed by atoms with E-state index in [4.69, 9.17) is 16.4 Å². The van der Waals surface area contributed by atoms with Gasteiger partial charge in [-0.3, -0.25) is 0 Å². The van der Waals surface area contributed by atoms with Crippen molar-refractivity contribution in [3.8, 4) is 11.8 Å². The normalized spacial score (nSPS) is 13.7. The fraction of sp³-hybridized carbons (Fsp3) is 0.227. The number of oxime groups is 1. The van der Waals surface area contributed by atoms with Crippen molar-refractivity contribution in [3.05, 3.63) is 83.2 Å². The molecular weight excluding hydrogens is 372 g/mol. The number of rotatable bonds is 6. The van der Waals surface area contributed by atoms with Crippen molar-refractivity contribution in [2.24, 2.45) is 11.1 Å². The van der Waals surface area contributed by atoms with E-state index < -0.39 is 0 Å². The molecule has 0 unspecified atom stereocenters. The number of hydrogen-bond acceptors (Lipinski definition) is 4. The third-order valence-corrected chi connectivity index (χ3v) is 4.53. The van der Waals surface area contributed by atoms with Crippen molar-refractivity contribution < 1.29 is 4.84 Å². The van der Waals surface area contributed by atoms with Crippen molar-refractivity contribution in [2.45, 2.75) is 26.0 Å². The van der Waals surface area contributed by atoms with E-state index in [0.717, 1.165) is 22.4 Å². The van der Waals surface area contributed by atoms with Gasteiger partial charge in [0.1, 0.15) is 17.5 Å². The lowest BCUT2D eigenvalue weighted by atomic mass is 10.1. The van der Waals surface area contributed by atoms with Crippen molar-refractivity contribution in [2.75, 3.05) is 0 Å². The van der Waals surface area contributed by atoms with Gasteiger partial charge in [-0.25, -0.2) is 9.97 Å². The first-order valence-corrected chi connectivity index (χ1v) is 9.51. The summed E-state index contributed by atoms with van der Waals surface area (Å²) in [5, 5.41) is 4.83. The van der Waals surface area contributed by atoms with Crippen LogP contribution in [0.15, 0.2) is 66.5 Å². The SMILES string of the molecule is Clc1ccc(CON=C(Cn2ccnc2)c2ccc(C#CC3CC3)cc2)cn1. The predicted octanol–water partition coefficient (Wildman–Crippen LogP) is 4.31. The summed E-state index contributed by atoms with van der Waals surface area (Å²) in [6.07, 6.45) is 9.54. The molecule has 0 spiro atoms. The number of aromatic nitrogens is 3. The first-order valence-electron chi connectivity index (χ1n) is 9.13. The molecule has 6 heteroatoms. The molecule has 3 aromatic rings. The van der Waals surface area contributed by atoms with E-state index in [1.807, 2.05) is 41.1 Å². The zero-order chi connectivity index (χ0) is 19.2. The molecular formula is C22H19ClN4O. The van der Waals surface area contributed by atoms with Gasteiger partial charge in [-0.1, -0.05) is 46.8 Å². The molecule has 1 aliphatic carbocycles. The summed E-state index contributed by atoms with van der Waals surface area (Å²) in [5.74, 6) is 7.11. The second-order valence-corrected chi connectivity index (χ2v) is 7.04. The van der Waals surface area contributed by atoms with E-state index in [1.165, 1.54) is 12.8 Å². The Kier molecular flexibility index (Phi) is 5.69. The predicted molar refractivity (Wildman–Crippen MR) is 109 cm³/mol. The second-order valence-electron chi connectivity index (χ2n) is 6.66. The molecule has 5 nitrogen and oxygen atoms in total.